The summed E-state index contributed by atoms with van der Waals surface area (Å²) in [6.07, 6.45) is 46.0. The Balaban J connectivity index is 1.01. The molecule has 2 heterocycles. The second kappa shape index (κ2) is 29.9. The van der Waals surface area contributed by atoms with Crippen molar-refractivity contribution in [3.63, 3.8) is 0 Å². The van der Waals surface area contributed by atoms with Gasteiger partial charge < -0.3 is 4.90 Å². The summed E-state index contributed by atoms with van der Waals surface area (Å²) in [5.41, 5.74) is 5.67. The molecule has 0 aromatic heterocycles. The molecular weight excluding hydrogens is 929 g/mol. The third-order valence-corrected chi connectivity index (χ3v) is 17.9. The number of Topliss-reactive ketones (excluding diaryl/α,β-unsaturated/α-hetero) is 3. The maximum atomic E-state index is 14.9. The van der Waals surface area contributed by atoms with E-state index < -0.39 is 28.3 Å². The lowest BCUT2D eigenvalue weighted by Crippen LogP contribution is -2.30. The van der Waals surface area contributed by atoms with Crippen LogP contribution >= 0.6 is 0 Å². The van der Waals surface area contributed by atoms with E-state index >= 15 is 0 Å². The molecule has 2 aliphatic heterocycles. The van der Waals surface area contributed by atoms with Gasteiger partial charge in [0.05, 0.1) is 11.0 Å². The van der Waals surface area contributed by atoms with Crippen LogP contribution in [-0.4, -0.2) is 40.7 Å². The third kappa shape index (κ3) is 14.9. The highest BCUT2D eigenvalue weighted by Crippen LogP contribution is 2.52. The minimum Gasteiger partial charge on any atom is -0.344 e. The van der Waals surface area contributed by atoms with Crippen molar-refractivity contribution in [2.45, 2.75) is 258 Å². The van der Waals surface area contributed by atoms with E-state index in [1.54, 1.807) is 0 Å². The average Bonchev–Trinajstić information content (AvgIpc) is 3.95. The smallest absolute Gasteiger partial charge is 0.233 e. The van der Waals surface area contributed by atoms with E-state index in [2.05, 4.69) is 124 Å². The number of nitrogens with zero attached hydrogens (tertiary/aromatic N) is 2. The van der Waals surface area contributed by atoms with Gasteiger partial charge in [0.15, 0.2) is 11.5 Å². The fourth-order valence-electron chi connectivity index (χ4n) is 13.4. The predicted octanol–water partition coefficient (Wildman–Crippen LogP) is 19.8. The molecule has 4 aromatic rings. The van der Waals surface area contributed by atoms with E-state index in [9.17, 15) is 14.4 Å². The number of allylic oxidation sites excluding steroid dienone is 4. The van der Waals surface area contributed by atoms with Gasteiger partial charge in [-0.1, -0.05) is 268 Å². The molecule has 0 bridgehead atoms. The van der Waals surface area contributed by atoms with Crippen molar-refractivity contribution >= 4 is 56.0 Å². The number of rotatable bonds is 36. The van der Waals surface area contributed by atoms with Crippen LogP contribution in [0, 0.1) is 5.92 Å². The first kappa shape index (κ1) is 59.0. The molecule has 3 aliphatic rings. The quantitative estimate of drug-likeness (QED) is 0.0114. The van der Waals surface area contributed by atoms with Crippen molar-refractivity contribution in [1.29, 1.82) is 0 Å². The number of ketones is 3. The van der Waals surface area contributed by atoms with Gasteiger partial charge in [0.2, 0.25) is 17.3 Å². The van der Waals surface area contributed by atoms with E-state index in [-0.39, 0.29) is 11.4 Å². The van der Waals surface area contributed by atoms with E-state index in [4.69, 9.17) is 0 Å². The highest BCUT2D eigenvalue weighted by Gasteiger charge is 2.51. The molecule has 0 N–H and O–H groups in total. The van der Waals surface area contributed by atoms with E-state index in [0.29, 0.717) is 0 Å². The SMILES string of the molecule is CCCCCCCCCCCCCCCCCCN1/C(=C/C2C(=O)C(=O)/C(=C/C3=[N+](CCCCCCCCCCCCCCCCCC)c4ccc5ccccc5c4C3(C)C)C2=O)C(C)(C)c2c1ccc1ccccc21. The van der Waals surface area contributed by atoms with Crippen molar-refractivity contribution < 1.29 is 19.0 Å². The van der Waals surface area contributed by atoms with Gasteiger partial charge in [0.25, 0.3) is 0 Å². The lowest BCUT2D eigenvalue weighted by molar-refractivity contribution is -0.438. The van der Waals surface area contributed by atoms with Crippen LogP contribution in [-0.2, 0) is 25.2 Å². The summed E-state index contributed by atoms with van der Waals surface area (Å²) in [7, 11) is 0. The number of carbonyl (C=O) groups is 3. The van der Waals surface area contributed by atoms with Crippen LogP contribution in [0.1, 0.15) is 258 Å². The number of fused-ring (bicyclic) bond motifs is 6. The molecule has 4 aromatic carbocycles. The van der Waals surface area contributed by atoms with Crippen molar-refractivity contribution in [3.8, 4) is 0 Å². The monoisotopic (exact) mass is 1030 g/mol. The van der Waals surface area contributed by atoms with Crippen LogP contribution in [0.3, 0.4) is 0 Å². The lowest BCUT2D eigenvalue weighted by Gasteiger charge is -2.28. The summed E-state index contributed by atoms with van der Waals surface area (Å²) < 4.78 is 2.37. The average molecular weight is 1030 g/mol. The molecule has 1 unspecified atom stereocenters. The van der Waals surface area contributed by atoms with Gasteiger partial charge in [-0.3, -0.25) is 14.4 Å². The Morgan fingerprint density at radius 2 is 0.882 bits per heavy atom. The molecule has 412 valence electrons. The van der Waals surface area contributed by atoms with Crippen molar-refractivity contribution in [2.75, 3.05) is 18.0 Å². The van der Waals surface area contributed by atoms with Crippen LogP contribution in [0.5, 0.6) is 0 Å². The standard InChI is InChI=1S/C71H101N2O3/c1-7-9-11-13-15-17-19-21-23-25-27-29-31-33-35-41-51-72-61-49-47-55-43-37-39-45-57(55)65(61)70(3,4)63(72)53-59-67(74)60(69(76)68(59)75)54-64-71(5,6)66-58-46-40-38-44-56(58)48-50-62(66)73(64)52-42-36-34-32-30-28-26-24-22-20-18-16-14-12-10-8-2/h37-40,43-50,53-54,59H,7-36,41-42,51-52H2,1-6H3/q+1/b60-54+,63-53+. The molecule has 0 spiro atoms. The Morgan fingerprint density at radius 3 is 1.37 bits per heavy atom. The number of hydrogen-bond acceptors (Lipinski definition) is 4. The van der Waals surface area contributed by atoms with Gasteiger partial charge in [-0.2, -0.15) is 4.58 Å². The zero-order valence-electron chi connectivity index (χ0n) is 48.8. The molecule has 1 atom stereocenters. The highest BCUT2D eigenvalue weighted by atomic mass is 16.2. The molecule has 5 nitrogen and oxygen atoms in total. The molecule has 1 fully saturated rings. The Kier molecular flexibility index (Phi) is 23.2. The Labute approximate surface area is 461 Å². The van der Waals surface area contributed by atoms with Crippen LogP contribution in [0.15, 0.2) is 96.2 Å². The van der Waals surface area contributed by atoms with Crippen LogP contribution in [0.2, 0.25) is 0 Å². The summed E-state index contributed by atoms with van der Waals surface area (Å²) in [4.78, 5) is 46.1. The normalized spacial score (nSPS) is 17.9. The maximum absolute atomic E-state index is 14.9. The fraction of sp³-hybridized carbons (Fsp3) is 0.606. The van der Waals surface area contributed by atoms with E-state index in [0.717, 1.165) is 61.6 Å². The Bertz CT molecular complexity index is 2620. The van der Waals surface area contributed by atoms with Crippen LogP contribution < -0.4 is 4.90 Å². The van der Waals surface area contributed by atoms with Crippen LogP contribution in [0.4, 0.5) is 11.4 Å². The van der Waals surface area contributed by atoms with Gasteiger partial charge >= 0.3 is 0 Å². The maximum Gasteiger partial charge on any atom is 0.233 e. The first-order valence-electron chi connectivity index (χ1n) is 31.6. The molecule has 1 saturated carbocycles. The molecular formula is C71H101N2O3+. The number of carbonyl (C=O) groups excluding carboxylic acids is 3. The van der Waals surface area contributed by atoms with Crippen molar-refractivity contribution in [1.82, 2.24) is 0 Å². The number of benzene rings is 4. The molecule has 0 amide bonds. The predicted molar refractivity (Wildman–Crippen MR) is 325 cm³/mol. The second-order valence-corrected chi connectivity index (χ2v) is 24.6. The summed E-state index contributed by atoms with van der Waals surface area (Å²) >= 11 is 0. The summed E-state index contributed by atoms with van der Waals surface area (Å²) in [6, 6.07) is 26.0. The summed E-state index contributed by atoms with van der Waals surface area (Å²) in [5.74, 6) is -2.77. The van der Waals surface area contributed by atoms with Gasteiger partial charge in [0.1, 0.15) is 12.5 Å². The molecule has 1 aliphatic carbocycles. The Hall–Kier alpha value is -4.64. The Morgan fingerprint density at radius 1 is 0.461 bits per heavy atom. The number of anilines is 1. The zero-order chi connectivity index (χ0) is 53.8. The molecule has 76 heavy (non-hydrogen) atoms. The highest BCUT2D eigenvalue weighted by molar-refractivity contribution is 6.60. The summed E-state index contributed by atoms with van der Waals surface area (Å²) in [5, 5.41) is 4.75. The topological polar surface area (TPSA) is 57.5 Å². The summed E-state index contributed by atoms with van der Waals surface area (Å²) in [6.45, 7) is 15.1. The van der Waals surface area contributed by atoms with Gasteiger partial charge in [-0.05, 0) is 72.0 Å². The lowest BCUT2D eigenvalue weighted by atomic mass is 9.78. The zero-order valence-corrected chi connectivity index (χ0v) is 48.8. The molecule has 7 rings (SSSR count). The van der Waals surface area contributed by atoms with Gasteiger partial charge in [0, 0.05) is 47.5 Å². The number of hydrogen-bond donors (Lipinski definition) is 0. The largest absolute Gasteiger partial charge is 0.344 e. The fourth-order valence-corrected chi connectivity index (χ4v) is 13.4. The molecule has 0 radical (unpaired) electrons. The first-order chi connectivity index (χ1) is 37.0. The minimum atomic E-state index is -1.15. The number of unbranched alkanes of at least 4 members (excludes halogenated alkanes) is 30. The van der Waals surface area contributed by atoms with E-state index in [1.165, 1.54) is 212 Å². The van der Waals surface area contributed by atoms with Crippen LogP contribution in [0.25, 0.3) is 21.5 Å². The third-order valence-electron chi connectivity index (χ3n) is 17.9. The molecule has 0 saturated heterocycles. The van der Waals surface area contributed by atoms with Crippen molar-refractivity contribution in [3.05, 3.63) is 107 Å². The minimum absolute atomic E-state index is 0.0344. The van der Waals surface area contributed by atoms with Gasteiger partial charge in [-0.15, -0.1) is 0 Å². The van der Waals surface area contributed by atoms with Gasteiger partial charge in [-0.25, -0.2) is 0 Å². The molecule has 5 heteroatoms. The first-order valence-corrected chi connectivity index (χ1v) is 31.6. The second-order valence-electron chi connectivity index (χ2n) is 24.6. The van der Waals surface area contributed by atoms with Crippen molar-refractivity contribution in [2.24, 2.45) is 5.92 Å². The van der Waals surface area contributed by atoms with E-state index in [1.807, 2.05) is 12.2 Å².